The van der Waals surface area contributed by atoms with Gasteiger partial charge in [0, 0.05) is 10.6 Å². The number of halogens is 1. The van der Waals surface area contributed by atoms with Gasteiger partial charge in [0.25, 0.3) is 0 Å². The molecule has 4 heteroatoms. The molecule has 1 heterocycles. The van der Waals surface area contributed by atoms with Gasteiger partial charge in [-0.25, -0.2) is 9.37 Å². The van der Waals surface area contributed by atoms with E-state index in [1.807, 2.05) is 26.0 Å². The van der Waals surface area contributed by atoms with E-state index in [2.05, 4.69) is 4.98 Å². The lowest BCUT2D eigenvalue weighted by Crippen LogP contribution is -1.96. The lowest BCUT2D eigenvalue weighted by atomic mass is 10.1. The average Bonchev–Trinajstić information content (AvgIpc) is 2.30. The van der Waals surface area contributed by atoms with Crippen molar-refractivity contribution < 1.29 is 9.50 Å². The summed E-state index contributed by atoms with van der Waals surface area (Å²) >= 11 is 1.44. The first-order valence-corrected chi connectivity index (χ1v) is 6.88. The van der Waals surface area contributed by atoms with Gasteiger partial charge in [-0.15, -0.1) is 0 Å². The van der Waals surface area contributed by atoms with E-state index in [1.54, 1.807) is 13.0 Å². The molecule has 0 aliphatic rings. The molecule has 100 valence electrons. The number of aliphatic hydroxyl groups is 1. The van der Waals surface area contributed by atoms with E-state index in [1.165, 1.54) is 23.9 Å². The highest BCUT2D eigenvalue weighted by atomic mass is 32.2. The van der Waals surface area contributed by atoms with Crippen molar-refractivity contribution in [2.75, 3.05) is 0 Å². The normalized spacial score (nSPS) is 12.5. The van der Waals surface area contributed by atoms with Gasteiger partial charge in [-0.3, -0.25) is 0 Å². The molecule has 1 aromatic heterocycles. The fraction of sp³-hybridized carbons (Fsp3) is 0.267. The number of aromatic nitrogens is 1. The molecule has 1 aromatic carbocycles. The predicted octanol–water partition coefficient (Wildman–Crippen LogP) is 4.04. The van der Waals surface area contributed by atoms with Crippen LogP contribution in [0.4, 0.5) is 4.39 Å². The van der Waals surface area contributed by atoms with Crippen LogP contribution in [0, 0.1) is 19.7 Å². The zero-order valence-electron chi connectivity index (χ0n) is 11.1. The van der Waals surface area contributed by atoms with Gasteiger partial charge in [-0.2, -0.15) is 0 Å². The molecule has 0 spiro atoms. The Morgan fingerprint density at radius 3 is 2.58 bits per heavy atom. The van der Waals surface area contributed by atoms with Crippen LogP contribution in [0.2, 0.25) is 0 Å². The minimum atomic E-state index is -0.705. The van der Waals surface area contributed by atoms with Crippen molar-refractivity contribution in [3.05, 3.63) is 53.0 Å². The third kappa shape index (κ3) is 3.55. The number of hydrogen-bond donors (Lipinski definition) is 1. The highest BCUT2D eigenvalue weighted by molar-refractivity contribution is 7.99. The summed E-state index contributed by atoms with van der Waals surface area (Å²) in [5, 5.41) is 10.6. The van der Waals surface area contributed by atoms with Crippen molar-refractivity contribution in [3.63, 3.8) is 0 Å². The average molecular weight is 277 g/mol. The number of aliphatic hydroxyl groups excluding tert-OH is 1. The van der Waals surface area contributed by atoms with Crippen LogP contribution < -0.4 is 0 Å². The van der Waals surface area contributed by atoms with Crippen molar-refractivity contribution in [2.45, 2.75) is 36.8 Å². The van der Waals surface area contributed by atoms with Crippen LogP contribution in [-0.4, -0.2) is 10.1 Å². The van der Waals surface area contributed by atoms with Gasteiger partial charge in [0.15, 0.2) is 0 Å². The molecule has 2 rings (SSSR count). The monoisotopic (exact) mass is 277 g/mol. The van der Waals surface area contributed by atoms with E-state index in [4.69, 9.17) is 0 Å². The molecule has 2 nitrogen and oxygen atoms in total. The SMILES string of the molecule is Cc1cc(C)nc(Sc2ccc(F)cc2C(C)O)c1. The van der Waals surface area contributed by atoms with Gasteiger partial charge in [0.2, 0.25) is 0 Å². The Morgan fingerprint density at radius 1 is 1.21 bits per heavy atom. The molecule has 2 aromatic rings. The Hall–Kier alpha value is -1.39. The fourth-order valence-corrected chi connectivity index (χ4v) is 3.05. The lowest BCUT2D eigenvalue weighted by Gasteiger charge is -2.12. The Morgan fingerprint density at radius 2 is 1.95 bits per heavy atom. The first kappa shape index (κ1) is 14.0. The smallest absolute Gasteiger partial charge is 0.123 e. The molecule has 0 aliphatic carbocycles. The van der Waals surface area contributed by atoms with E-state index in [0.29, 0.717) is 5.56 Å². The maximum absolute atomic E-state index is 13.2. The molecular weight excluding hydrogens is 261 g/mol. The Labute approximate surface area is 116 Å². The highest BCUT2D eigenvalue weighted by Gasteiger charge is 2.11. The Bertz CT molecular complexity index is 578. The zero-order chi connectivity index (χ0) is 14.0. The van der Waals surface area contributed by atoms with E-state index < -0.39 is 6.10 Å². The molecule has 0 bridgehead atoms. The van der Waals surface area contributed by atoms with Gasteiger partial charge in [-0.1, -0.05) is 11.8 Å². The molecule has 0 amide bonds. The number of aryl methyl sites for hydroxylation is 2. The van der Waals surface area contributed by atoms with E-state index in [-0.39, 0.29) is 5.82 Å². The highest BCUT2D eigenvalue weighted by Crippen LogP contribution is 2.33. The zero-order valence-corrected chi connectivity index (χ0v) is 12.0. The standard InChI is InChI=1S/C15H16FNOS/c1-9-6-10(2)17-15(7-9)19-14-5-4-12(16)8-13(14)11(3)18/h4-8,11,18H,1-3H3. The van der Waals surface area contributed by atoms with Crippen molar-refractivity contribution in [1.29, 1.82) is 0 Å². The molecule has 0 saturated carbocycles. The molecule has 0 fully saturated rings. The van der Waals surface area contributed by atoms with Gasteiger partial charge in [-0.05, 0) is 62.2 Å². The molecule has 0 saturated heterocycles. The topological polar surface area (TPSA) is 33.1 Å². The second-order valence-electron chi connectivity index (χ2n) is 4.58. The Balaban J connectivity index is 2.37. The van der Waals surface area contributed by atoms with Gasteiger partial charge < -0.3 is 5.11 Å². The number of hydrogen-bond acceptors (Lipinski definition) is 3. The van der Waals surface area contributed by atoms with Crippen molar-refractivity contribution in [3.8, 4) is 0 Å². The molecule has 1 N–H and O–H groups in total. The van der Waals surface area contributed by atoms with Gasteiger partial charge in [0.1, 0.15) is 10.8 Å². The summed E-state index contributed by atoms with van der Waals surface area (Å²) in [6.45, 7) is 5.59. The summed E-state index contributed by atoms with van der Waals surface area (Å²) < 4.78 is 13.2. The van der Waals surface area contributed by atoms with Gasteiger partial charge in [0.05, 0.1) is 6.10 Å². The van der Waals surface area contributed by atoms with Crippen molar-refractivity contribution >= 4 is 11.8 Å². The molecule has 19 heavy (non-hydrogen) atoms. The second kappa shape index (κ2) is 5.72. The number of nitrogens with zero attached hydrogens (tertiary/aromatic N) is 1. The Kier molecular flexibility index (Phi) is 4.22. The second-order valence-corrected chi connectivity index (χ2v) is 5.65. The van der Waals surface area contributed by atoms with E-state index >= 15 is 0 Å². The number of rotatable bonds is 3. The van der Waals surface area contributed by atoms with Crippen LogP contribution >= 0.6 is 11.8 Å². The summed E-state index contributed by atoms with van der Waals surface area (Å²) in [6.07, 6.45) is -0.705. The van der Waals surface area contributed by atoms with Crippen molar-refractivity contribution in [2.24, 2.45) is 0 Å². The maximum Gasteiger partial charge on any atom is 0.123 e. The quantitative estimate of drug-likeness (QED) is 0.919. The number of benzene rings is 1. The first-order valence-electron chi connectivity index (χ1n) is 6.06. The summed E-state index contributed by atoms with van der Waals surface area (Å²) in [5.41, 5.74) is 2.67. The van der Waals surface area contributed by atoms with Crippen LogP contribution in [0.3, 0.4) is 0 Å². The largest absolute Gasteiger partial charge is 0.389 e. The van der Waals surface area contributed by atoms with Crippen molar-refractivity contribution in [1.82, 2.24) is 4.98 Å². The summed E-state index contributed by atoms with van der Waals surface area (Å²) in [6, 6.07) is 8.44. The molecule has 0 radical (unpaired) electrons. The summed E-state index contributed by atoms with van der Waals surface area (Å²) in [4.78, 5) is 5.27. The van der Waals surface area contributed by atoms with E-state index in [0.717, 1.165) is 21.2 Å². The predicted molar refractivity (Wildman–Crippen MR) is 74.9 cm³/mol. The molecule has 1 unspecified atom stereocenters. The van der Waals surface area contributed by atoms with Crippen LogP contribution in [0.5, 0.6) is 0 Å². The van der Waals surface area contributed by atoms with Crippen LogP contribution in [0.25, 0.3) is 0 Å². The third-order valence-electron chi connectivity index (χ3n) is 2.71. The third-order valence-corrected chi connectivity index (χ3v) is 3.72. The van der Waals surface area contributed by atoms with Crippen LogP contribution in [0.1, 0.15) is 29.8 Å². The molecule has 0 aliphatic heterocycles. The first-order chi connectivity index (χ1) is 8.95. The lowest BCUT2D eigenvalue weighted by molar-refractivity contribution is 0.196. The molecular formula is C15H16FNOS. The fourth-order valence-electron chi connectivity index (χ4n) is 1.91. The van der Waals surface area contributed by atoms with Crippen LogP contribution in [-0.2, 0) is 0 Å². The number of pyridine rings is 1. The maximum atomic E-state index is 13.2. The van der Waals surface area contributed by atoms with Gasteiger partial charge >= 0.3 is 0 Å². The minimum Gasteiger partial charge on any atom is -0.389 e. The van der Waals surface area contributed by atoms with E-state index in [9.17, 15) is 9.50 Å². The molecule has 1 atom stereocenters. The summed E-state index contributed by atoms with van der Waals surface area (Å²) in [7, 11) is 0. The van der Waals surface area contributed by atoms with Crippen LogP contribution in [0.15, 0.2) is 40.3 Å². The minimum absolute atomic E-state index is 0.339. The summed E-state index contributed by atoms with van der Waals surface area (Å²) in [5.74, 6) is -0.339.